The maximum Gasteiger partial charge on any atom is 0.243 e. The number of thioether (sulfide) groups is 1. The Morgan fingerprint density at radius 1 is 1.10 bits per heavy atom. The Kier molecular flexibility index (Phi) is 9.53. The van der Waals surface area contributed by atoms with Crippen LogP contribution in [0.1, 0.15) is 32.8 Å². The van der Waals surface area contributed by atoms with Gasteiger partial charge in [0.05, 0.1) is 12.9 Å². The maximum atomic E-state index is 13.2. The van der Waals surface area contributed by atoms with Crippen LogP contribution in [0.5, 0.6) is 5.75 Å². The normalized spacial score (nSPS) is 11.8. The summed E-state index contributed by atoms with van der Waals surface area (Å²) in [4.78, 5) is 28.6. The monoisotopic (exact) mass is 448 g/mol. The topological polar surface area (TPSA) is 58.6 Å². The van der Waals surface area contributed by atoms with E-state index in [2.05, 4.69) is 5.32 Å². The van der Waals surface area contributed by atoms with Gasteiger partial charge in [-0.2, -0.15) is 0 Å². The first-order valence-corrected chi connectivity index (χ1v) is 11.3. The van der Waals surface area contributed by atoms with Crippen LogP contribution >= 0.6 is 23.4 Å². The summed E-state index contributed by atoms with van der Waals surface area (Å²) in [6, 6.07) is 14.4. The SMILES string of the molecule is CC[C@H](C(=O)NC(C)C)N(Cc1ccc(OC)cc1)C(=O)CSc1ccc(Cl)cc1. The highest BCUT2D eigenvalue weighted by molar-refractivity contribution is 8.00. The third-order valence-electron chi connectivity index (χ3n) is 4.50. The minimum absolute atomic E-state index is 0.00734. The molecule has 0 aliphatic heterocycles. The van der Waals surface area contributed by atoms with E-state index in [4.69, 9.17) is 16.3 Å². The zero-order valence-electron chi connectivity index (χ0n) is 17.9. The fourth-order valence-electron chi connectivity index (χ4n) is 2.99. The van der Waals surface area contributed by atoms with Crippen molar-refractivity contribution in [2.75, 3.05) is 12.9 Å². The fourth-order valence-corrected chi connectivity index (χ4v) is 3.90. The van der Waals surface area contributed by atoms with E-state index < -0.39 is 6.04 Å². The first-order valence-electron chi connectivity index (χ1n) is 9.95. The summed E-state index contributed by atoms with van der Waals surface area (Å²) < 4.78 is 5.21. The van der Waals surface area contributed by atoms with Crippen LogP contribution in [0.25, 0.3) is 0 Å². The number of amides is 2. The van der Waals surface area contributed by atoms with Crippen LogP contribution in [0, 0.1) is 0 Å². The van der Waals surface area contributed by atoms with Gasteiger partial charge in [-0.15, -0.1) is 11.8 Å². The maximum absolute atomic E-state index is 13.2. The first-order chi connectivity index (χ1) is 14.3. The molecule has 0 spiro atoms. The van der Waals surface area contributed by atoms with Crippen molar-refractivity contribution in [2.24, 2.45) is 0 Å². The van der Waals surface area contributed by atoms with Crippen molar-refractivity contribution in [2.45, 2.75) is 50.7 Å². The second-order valence-corrected chi connectivity index (χ2v) is 8.68. The standard InChI is InChI=1S/C23H29ClN2O3S/c1-5-21(23(28)25-16(2)3)26(14-17-6-10-19(29-4)11-7-17)22(27)15-30-20-12-8-18(24)9-13-20/h6-13,16,21H,5,14-15H2,1-4H3,(H,25,28)/t21-/m1/s1. The van der Waals surface area contributed by atoms with Crippen molar-refractivity contribution in [3.05, 3.63) is 59.1 Å². The fraction of sp³-hybridized carbons (Fsp3) is 0.391. The number of hydrogen-bond acceptors (Lipinski definition) is 4. The second-order valence-electron chi connectivity index (χ2n) is 7.20. The van der Waals surface area contributed by atoms with Gasteiger partial charge < -0.3 is 15.0 Å². The summed E-state index contributed by atoms with van der Waals surface area (Å²) in [7, 11) is 1.61. The average molecular weight is 449 g/mol. The molecule has 30 heavy (non-hydrogen) atoms. The summed E-state index contributed by atoms with van der Waals surface area (Å²) in [5.41, 5.74) is 0.941. The molecule has 7 heteroatoms. The second kappa shape index (κ2) is 11.9. The molecule has 0 radical (unpaired) electrons. The Hall–Kier alpha value is -2.18. The lowest BCUT2D eigenvalue weighted by Crippen LogP contribution is -2.50. The number of nitrogens with zero attached hydrogens (tertiary/aromatic N) is 1. The van der Waals surface area contributed by atoms with E-state index in [-0.39, 0.29) is 23.6 Å². The molecular formula is C23H29ClN2O3S. The summed E-state index contributed by atoms with van der Waals surface area (Å²) >= 11 is 7.37. The summed E-state index contributed by atoms with van der Waals surface area (Å²) in [6.07, 6.45) is 0.534. The Morgan fingerprint density at radius 3 is 2.27 bits per heavy atom. The van der Waals surface area contributed by atoms with Crippen LogP contribution in [0.2, 0.25) is 5.02 Å². The number of carbonyl (C=O) groups is 2. The molecule has 0 aliphatic carbocycles. The van der Waals surface area contributed by atoms with E-state index in [9.17, 15) is 9.59 Å². The molecule has 0 unspecified atom stereocenters. The third-order valence-corrected chi connectivity index (χ3v) is 5.75. The number of hydrogen-bond donors (Lipinski definition) is 1. The van der Waals surface area contributed by atoms with Gasteiger partial charge in [0.2, 0.25) is 11.8 Å². The Labute approximate surface area is 188 Å². The van der Waals surface area contributed by atoms with Crippen LogP contribution in [0.4, 0.5) is 0 Å². The molecule has 162 valence electrons. The van der Waals surface area contributed by atoms with Gasteiger partial charge in [-0.25, -0.2) is 0 Å². The molecule has 2 aromatic carbocycles. The van der Waals surface area contributed by atoms with Crippen molar-refractivity contribution < 1.29 is 14.3 Å². The van der Waals surface area contributed by atoms with Gasteiger partial charge in [0, 0.05) is 22.5 Å². The van der Waals surface area contributed by atoms with Crippen LogP contribution in [-0.2, 0) is 16.1 Å². The highest BCUT2D eigenvalue weighted by Crippen LogP contribution is 2.23. The minimum atomic E-state index is -0.534. The Bertz CT molecular complexity index is 825. The van der Waals surface area contributed by atoms with Gasteiger partial charge in [-0.3, -0.25) is 9.59 Å². The lowest BCUT2D eigenvalue weighted by Gasteiger charge is -2.31. The highest BCUT2D eigenvalue weighted by atomic mass is 35.5. The van der Waals surface area contributed by atoms with E-state index in [1.54, 1.807) is 24.1 Å². The number of methoxy groups -OCH3 is 1. The molecule has 0 saturated carbocycles. The molecule has 5 nitrogen and oxygen atoms in total. The molecule has 0 heterocycles. The molecule has 2 amide bonds. The molecular weight excluding hydrogens is 420 g/mol. The molecule has 1 atom stereocenters. The van der Waals surface area contributed by atoms with E-state index >= 15 is 0 Å². The molecule has 0 aromatic heterocycles. The van der Waals surface area contributed by atoms with E-state index in [1.165, 1.54) is 11.8 Å². The van der Waals surface area contributed by atoms with Crippen molar-refractivity contribution in [3.8, 4) is 5.75 Å². The Morgan fingerprint density at radius 2 is 1.73 bits per heavy atom. The predicted octanol–water partition coefficient (Wildman–Crippen LogP) is 4.77. The van der Waals surface area contributed by atoms with Crippen molar-refractivity contribution in [1.29, 1.82) is 0 Å². The smallest absolute Gasteiger partial charge is 0.243 e. The van der Waals surface area contributed by atoms with Crippen molar-refractivity contribution in [1.82, 2.24) is 10.2 Å². The molecule has 2 aromatic rings. The van der Waals surface area contributed by atoms with Gasteiger partial charge >= 0.3 is 0 Å². The van der Waals surface area contributed by atoms with Gasteiger partial charge in [0.1, 0.15) is 11.8 Å². The number of rotatable bonds is 10. The predicted molar refractivity (Wildman–Crippen MR) is 123 cm³/mol. The van der Waals surface area contributed by atoms with E-state index in [0.717, 1.165) is 16.2 Å². The van der Waals surface area contributed by atoms with Crippen LogP contribution in [-0.4, -0.2) is 41.7 Å². The molecule has 0 fully saturated rings. The van der Waals surface area contributed by atoms with Crippen molar-refractivity contribution >= 4 is 35.2 Å². The number of benzene rings is 2. The number of ether oxygens (including phenoxy) is 1. The Balaban J connectivity index is 2.19. The van der Waals surface area contributed by atoms with Gasteiger partial charge in [0.25, 0.3) is 0 Å². The minimum Gasteiger partial charge on any atom is -0.497 e. The van der Waals surface area contributed by atoms with Gasteiger partial charge in [-0.1, -0.05) is 30.7 Å². The largest absolute Gasteiger partial charge is 0.497 e. The molecule has 0 bridgehead atoms. The highest BCUT2D eigenvalue weighted by Gasteiger charge is 2.28. The first kappa shape index (κ1) is 24.1. The number of carbonyl (C=O) groups excluding carboxylic acids is 2. The molecule has 0 aliphatic rings. The molecule has 2 rings (SSSR count). The van der Waals surface area contributed by atoms with Crippen molar-refractivity contribution in [3.63, 3.8) is 0 Å². The van der Waals surface area contributed by atoms with Gasteiger partial charge in [-0.05, 0) is 62.2 Å². The average Bonchev–Trinajstić information content (AvgIpc) is 2.73. The number of halogens is 1. The third kappa shape index (κ3) is 7.26. The van der Waals surface area contributed by atoms with E-state index in [1.807, 2.05) is 57.2 Å². The summed E-state index contributed by atoms with van der Waals surface area (Å²) in [5.74, 6) is 0.769. The lowest BCUT2D eigenvalue weighted by atomic mass is 10.1. The summed E-state index contributed by atoms with van der Waals surface area (Å²) in [5, 5.41) is 3.59. The van der Waals surface area contributed by atoms with Crippen LogP contribution in [0.3, 0.4) is 0 Å². The molecule has 0 saturated heterocycles. The van der Waals surface area contributed by atoms with Gasteiger partial charge in [0.15, 0.2) is 0 Å². The van der Waals surface area contributed by atoms with E-state index in [0.29, 0.717) is 18.0 Å². The lowest BCUT2D eigenvalue weighted by molar-refractivity contribution is -0.139. The number of nitrogens with one attached hydrogen (secondary N) is 1. The quantitative estimate of drug-likeness (QED) is 0.532. The molecule has 1 N–H and O–H groups in total. The van der Waals surface area contributed by atoms with Crippen LogP contribution < -0.4 is 10.1 Å². The zero-order chi connectivity index (χ0) is 22.1. The summed E-state index contributed by atoms with van der Waals surface area (Å²) in [6.45, 7) is 6.10. The van der Waals surface area contributed by atoms with Crippen LogP contribution in [0.15, 0.2) is 53.4 Å². The zero-order valence-corrected chi connectivity index (χ0v) is 19.4.